The van der Waals surface area contributed by atoms with Crippen molar-refractivity contribution >= 4 is 12.0 Å². The van der Waals surface area contributed by atoms with Gasteiger partial charge in [0, 0.05) is 19.6 Å². The van der Waals surface area contributed by atoms with Crippen molar-refractivity contribution in [3.8, 4) is 0 Å². The van der Waals surface area contributed by atoms with E-state index in [1.807, 2.05) is 37.3 Å². The number of carbonyl (C=O) groups is 2. The number of allylic oxidation sites excluding steroid dienone is 1. The van der Waals surface area contributed by atoms with Crippen LogP contribution in [0, 0.1) is 11.8 Å². The Labute approximate surface area is 143 Å². The number of ether oxygens (including phenoxy) is 2. The largest absolute Gasteiger partial charge is 0.446 e. The van der Waals surface area contributed by atoms with Crippen molar-refractivity contribution in [3.05, 3.63) is 48.6 Å². The summed E-state index contributed by atoms with van der Waals surface area (Å²) < 4.78 is 10.3. The van der Waals surface area contributed by atoms with E-state index in [0.717, 1.165) is 5.56 Å². The summed E-state index contributed by atoms with van der Waals surface area (Å²) >= 11 is 0. The third-order valence-electron chi connectivity index (χ3n) is 4.47. The average Bonchev–Trinajstić information content (AvgIpc) is 2.97. The van der Waals surface area contributed by atoms with Gasteiger partial charge < -0.3 is 9.47 Å². The molecule has 24 heavy (non-hydrogen) atoms. The molecule has 0 aromatic heterocycles. The van der Waals surface area contributed by atoms with Gasteiger partial charge in [0.15, 0.2) is 0 Å². The van der Waals surface area contributed by atoms with Gasteiger partial charge in [-0.1, -0.05) is 43.3 Å². The minimum absolute atomic E-state index is 0.0787. The fourth-order valence-corrected chi connectivity index (χ4v) is 3.09. The number of imide groups is 1. The quantitative estimate of drug-likeness (QED) is 0.683. The van der Waals surface area contributed by atoms with Gasteiger partial charge in [-0.2, -0.15) is 0 Å². The molecule has 2 amide bonds. The number of cyclic esters (lactones) is 1. The number of carbonyl (C=O) groups excluding carboxylic acids is 2. The number of nitrogens with zero attached hydrogens (tertiary/aromatic N) is 1. The highest BCUT2D eigenvalue weighted by atomic mass is 16.6. The molecule has 1 aromatic carbocycles. The number of hydrogen-bond acceptors (Lipinski definition) is 4. The fraction of sp³-hybridized carbons (Fsp3) is 0.474. The lowest BCUT2D eigenvalue weighted by molar-refractivity contribution is -0.135. The first-order valence-electron chi connectivity index (χ1n) is 8.24. The van der Waals surface area contributed by atoms with Crippen molar-refractivity contribution < 1.29 is 19.1 Å². The second-order valence-corrected chi connectivity index (χ2v) is 6.10. The molecule has 1 heterocycles. The predicted molar refractivity (Wildman–Crippen MR) is 91.3 cm³/mol. The van der Waals surface area contributed by atoms with Crippen LogP contribution in [-0.4, -0.2) is 37.2 Å². The molecule has 1 aliphatic heterocycles. The van der Waals surface area contributed by atoms with Crippen LogP contribution in [0.15, 0.2) is 43.0 Å². The molecular formula is C19H25NO4. The summed E-state index contributed by atoms with van der Waals surface area (Å²) in [7, 11) is 1.61. The van der Waals surface area contributed by atoms with Crippen LogP contribution in [0.4, 0.5) is 4.79 Å². The summed E-state index contributed by atoms with van der Waals surface area (Å²) in [6, 6.07) is 9.13. The molecule has 5 heteroatoms. The maximum Gasteiger partial charge on any atom is 0.417 e. The Morgan fingerprint density at radius 2 is 2.17 bits per heavy atom. The number of amides is 2. The zero-order valence-electron chi connectivity index (χ0n) is 14.3. The molecule has 0 radical (unpaired) electrons. The van der Waals surface area contributed by atoms with Crippen LogP contribution in [0.25, 0.3) is 0 Å². The van der Waals surface area contributed by atoms with Crippen LogP contribution in [-0.2, 0) is 14.3 Å². The molecule has 1 aliphatic rings. The Kier molecular flexibility index (Phi) is 6.55. The highest BCUT2D eigenvalue weighted by Crippen LogP contribution is 2.32. The monoisotopic (exact) mass is 331 g/mol. The van der Waals surface area contributed by atoms with E-state index in [-0.39, 0.29) is 30.4 Å². The molecule has 1 saturated heterocycles. The Balaban J connectivity index is 2.24. The predicted octanol–water partition coefficient (Wildman–Crippen LogP) is 3.57. The minimum Gasteiger partial charge on any atom is -0.446 e. The van der Waals surface area contributed by atoms with Gasteiger partial charge in [0.05, 0.1) is 0 Å². The lowest BCUT2D eigenvalue weighted by Crippen LogP contribution is -2.41. The third kappa shape index (κ3) is 4.03. The Bertz CT molecular complexity index is 572. The maximum atomic E-state index is 13.1. The van der Waals surface area contributed by atoms with Gasteiger partial charge in [0.2, 0.25) is 5.91 Å². The number of rotatable bonds is 8. The molecule has 0 bridgehead atoms. The van der Waals surface area contributed by atoms with Crippen molar-refractivity contribution in [2.45, 2.75) is 25.8 Å². The summed E-state index contributed by atoms with van der Waals surface area (Å²) in [5.41, 5.74) is 0.901. The van der Waals surface area contributed by atoms with Crippen molar-refractivity contribution in [3.63, 3.8) is 0 Å². The number of methoxy groups -OCH3 is 1. The molecule has 5 nitrogen and oxygen atoms in total. The molecule has 0 spiro atoms. The van der Waals surface area contributed by atoms with Gasteiger partial charge in [-0.25, -0.2) is 9.69 Å². The number of hydrogen-bond donors (Lipinski definition) is 0. The van der Waals surface area contributed by atoms with Crippen LogP contribution in [0.3, 0.4) is 0 Å². The first-order valence-corrected chi connectivity index (χ1v) is 8.24. The van der Waals surface area contributed by atoms with E-state index in [2.05, 4.69) is 6.58 Å². The second kappa shape index (κ2) is 8.64. The lowest BCUT2D eigenvalue weighted by atomic mass is 9.87. The Hall–Kier alpha value is -2.14. The highest BCUT2D eigenvalue weighted by Gasteiger charge is 2.42. The van der Waals surface area contributed by atoms with E-state index in [1.54, 1.807) is 13.2 Å². The number of benzene rings is 1. The molecule has 0 N–H and O–H groups in total. The normalized spacial score (nSPS) is 19.7. The van der Waals surface area contributed by atoms with Crippen molar-refractivity contribution in [1.29, 1.82) is 0 Å². The zero-order chi connectivity index (χ0) is 17.5. The molecule has 0 aliphatic carbocycles. The van der Waals surface area contributed by atoms with E-state index in [1.165, 1.54) is 4.90 Å². The highest BCUT2D eigenvalue weighted by molar-refractivity contribution is 5.95. The Morgan fingerprint density at radius 3 is 2.79 bits per heavy atom. The average molecular weight is 331 g/mol. The summed E-state index contributed by atoms with van der Waals surface area (Å²) in [5.74, 6) is -0.424. The molecule has 1 aromatic rings. The molecule has 130 valence electrons. The van der Waals surface area contributed by atoms with Crippen LogP contribution < -0.4 is 0 Å². The molecular weight excluding hydrogens is 306 g/mol. The summed E-state index contributed by atoms with van der Waals surface area (Å²) in [6.45, 7) is 6.41. The van der Waals surface area contributed by atoms with Crippen LogP contribution >= 0.6 is 0 Å². The first-order chi connectivity index (χ1) is 11.6. The van der Waals surface area contributed by atoms with Crippen molar-refractivity contribution in [2.24, 2.45) is 11.8 Å². The summed E-state index contributed by atoms with van der Waals surface area (Å²) in [5, 5.41) is 0. The topological polar surface area (TPSA) is 55.8 Å². The van der Waals surface area contributed by atoms with Gasteiger partial charge in [-0.05, 0) is 24.3 Å². The van der Waals surface area contributed by atoms with Gasteiger partial charge >= 0.3 is 6.09 Å². The SMILES string of the molecule is C=CCC(C)C(CCOC)C(=O)N1C(=O)OC[C@H]1c1ccccc1. The first kappa shape index (κ1) is 18.2. The minimum atomic E-state index is -0.568. The van der Waals surface area contributed by atoms with Gasteiger partial charge in [0.25, 0.3) is 0 Å². The lowest BCUT2D eigenvalue weighted by Gasteiger charge is -2.28. The fourth-order valence-electron chi connectivity index (χ4n) is 3.09. The van der Waals surface area contributed by atoms with E-state index >= 15 is 0 Å². The van der Waals surface area contributed by atoms with Gasteiger partial charge in [-0.15, -0.1) is 6.58 Å². The molecule has 1 fully saturated rings. The summed E-state index contributed by atoms with van der Waals surface area (Å²) in [4.78, 5) is 26.6. The molecule has 0 saturated carbocycles. The van der Waals surface area contributed by atoms with Crippen LogP contribution in [0.2, 0.25) is 0 Å². The maximum absolute atomic E-state index is 13.1. The molecule has 2 rings (SSSR count). The van der Waals surface area contributed by atoms with E-state index in [0.29, 0.717) is 19.4 Å². The van der Waals surface area contributed by atoms with Crippen LogP contribution in [0.1, 0.15) is 31.4 Å². The van der Waals surface area contributed by atoms with Crippen molar-refractivity contribution in [1.82, 2.24) is 4.90 Å². The zero-order valence-corrected chi connectivity index (χ0v) is 14.3. The van der Waals surface area contributed by atoms with Crippen molar-refractivity contribution in [2.75, 3.05) is 20.3 Å². The van der Waals surface area contributed by atoms with E-state index in [9.17, 15) is 9.59 Å². The van der Waals surface area contributed by atoms with Gasteiger partial charge in [0.1, 0.15) is 12.6 Å². The summed E-state index contributed by atoms with van der Waals surface area (Å²) in [6.07, 6.45) is 2.51. The Morgan fingerprint density at radius 1 is 1.46 bits per heavy atom. The van der Waals surface area contributed by atoms with E-state index < -0.39 is 6.09 Å². The van der Waals surface area contributed by atoms with Gasteiger partial charge in [-0.3, -0.25) is 4.79 Å². The molecule has 3 atom stereocenters. The standard InChI is InChI=1S/C19H25NO4/c1-4-8-14(2)16(11-12-23-3)18(21)20-17(13-24-19(20)22)15-9-6-5-7-10-15/h4-7,9-10,14,16-17H,1,8,11-13H2,2-3H3/t14?,16?,17-/m0/s1. The molecule has 2 unspecified atom stereocenters. The van der Waals surface area contributed by atoms with E-state index in [4.69, 9.17) is 9.47 Å². The smallest absolute Gasteiger partial charge is 0.417 e. The van der Waals surface area contributed by atoms with Crippen LogP contribution in [0.5, 0.6) is 0 Å². The third-order valence-corrected chi connectivity index (χ3v) is 4.47. The second-order valence-electron chi connectivity index (χ2n) is 6.10.